The van der Waals surface area contributed by atoms with Gasteiger partial charge in [-0.25, -0.2) is 0 Å². The molecule has 0 amide bonds. The molecule has 0 atom stereocenters. The molecule has 0 aliphatic heterocycles. The molecule has 4 aromatic rings. The highest BCUT2D eigenvalue weighted by Crippen LogP contribution is 2.24. The first kappa shape index (κ1) is 21.1. The fourth-order valence-corrected chi connectivity index (χ4v) is 3.47. The fraction of sp³-hybridized carbons (Fsp3) is 0.240. The van der Waals surface area contributed by atoms with E-state index in [4.69, 9.17) is 14.9 Å². The Labute approximate surface area is 179 Å². The van der Waals surface area contributed by atoms with Gasteiger partial charge in [0.15, 0.2) is 0 Å². The minimum absolute atomic E-state index is 0.133. The van der Waals surface area contributed by atoms with Crippen LogP contribution in [0.4, 0.5) is 0 Å². The average molecular weight is 419 g/mol. The lowest BCUT2D eigenvalue weighted by Crippen LogP contribution is -2.47. The van der Waals surface area contributed by atoms with E-state index in [2.05, 4.69) is 0 Å². The van der Waals surface area contributed by atoms with Crippen molar-refractivity contribution in [3.63, 3.8) is 0 Å². The summed E-state index contributed by atoms with van der Waals surface area (Å²) in [6, 6.07) is 20.5. The number of ether oxygens (including phenoxy) is 1. The second kappa shape index (κ2) is 8.89. The van der Waals surface area contributed by atoms with Gasteiger partial charge in [0.1, 0.15) is 23.5 Å². The van der Waals surface area contributed by atoms with Gasteiger partial charge in [-0.15, -0.1) is 0 Å². The first-order valence-corrected chi connectivity index (χ1v) is 10.2. The van der Waals surface area contributed by atoms with E-state index in [0.717, 1.165) is 11.1 Å². The molecule has 0 aliphatic carbocycles. The number of hydrogen-bond acceptors (Lipinski definition) is 6. The van der Waals surface area contributed by atoms with Crippen molar-refractivity contribution in [3.05, 3.63) is 88.1 Å². The molecule has 0 aliphatic rings. The number of hydrogen-bond donors (Lipinski definition) is 3. The van der Waals surface area contributed by atoms with Gasteiger partial charge in [0.25, 0.3) is 0 Å². The SMILES string of the molecule is NC(CO)(CO)CCc1ccc2oc3ccc(OCc4ccccc4)cc3c(=O)c2c1. The highest BCUT2D eigenvalue weighted by molar-refractivity contribution is 5.90. The lowest BCUT2D eigenvalue weighted by atomic mass is 9.93. The quantitative estimate of drug-likeness (QED) is 0.379. The van der Waals surface area contributed by atoms with E-state index < -0.39 is 5.54 Å². The maximum Gasteiger partial charge on any atom is 0.200 e. The molecule has 0 saturated carbocycles. The lowest BCUT2D eigenvalue weighted by molar-refractivity contribution is 0.115. The van der Waals surface area contributed by atoms with E-state index in [1.165, 1.54) is 0 Å². The summed E-state index contributed by atoms with van der Waals surface area (Å²) in [5.74, 6) is 0.595. The zero-order chi connectivity index (χ0) is 21.8. The van der Waals surface area contributed by atoms with Gasteiger partial charge in [-0.05, 0) is 54.3 Å². The predicted octanol–water partition coefficient (Wildman–Crippen LogP) is 3.14. The Morgan fingerprint density at radius 2 is 1.55 bits per heavy atom. The van der Waals surface area contributed by atoms with Crippen molar-refractivity contribution in [1.29, 1.82) is 0 Å². The van der Waals surface area contributed by atoms with Crippen molar-refractivity contribution in [2.75, 3.05) is 13.2 Å². The number of benzene rings is 3. The van der Waals surface area contributed by atoms with E-state index in [0.29, 0.717) is 47.1 Å². The molecule has 0 spiro atoms. The summed E-state index contributed by atoms with van der Waals surface area (Å²) < 4.78 is 11.8. The van der Waals surface area contributed by atoms with Crippen LogP contribution in [0.3, 0.4) is 0 Å². The molecule has 1 heterocycles. The van der Waals surface area contributed by atoms with Gasteiger partial charge >= 0.3 is 0 Å². The molecule has 0 saturated heterocycles. The van der Waals surface area contributed by atoms with Crippen LogP contribution in [0.2, 0.25) is 0 Å². The minimum Gasteiger partial charge on any atom is -0.489 e. The second-order valence-corrected chi connectivity index (χ2v) is 7.87. The number of aliphatic hydroxyl groups is 2. The minimum atomic E-state index is -1.05. The van der Waals surface area contributed by atoms with E-state index >= 15 is 0 Å². The molecule has 4 N–H and O–H groups in total. The summed E-state index contributed by atoms with van der Waals surface area (Å²) in [6.45, 7) is -0.211. The van der Waals surface area contributed by atoms with E-state index in [9.17, 15) is 15.0 Å². The largest absolute Gasteiger partial charge is 0.489 e. The maximum absolute atomic E-state index is 13.2. The normalized spacial score (nSPS) is 11.8. The van der Waals surface area contributed by atoms with Crippen LogP contribution in [0.25, 0.3) is 21.9 Å². The molecule has 0 fully saturated rings. The van der Waals surface area contributed by atoms with Crippen molar-refractivity contribution in [2.24, 2.45) is 5.73 Å². The topological polar surface area (TPSA) is 106 Å². The third-order valence-electron chi connectivity index (χ3n) is 5.49. The van der Waals surface area contributed by atoms with Gasteiger partial charge in [-0.3, -0.25) is 4.79 Å². The lowest BCUT2D eigenvalue weighted by Gasteiger charge is -2.24. The average Bonchev–Trinajstić information content (AvgIpc) is 2.82. The summed E-state index contributed by atoms with van der Waals surface area (Å²) >= 11 is 0. The van der Waals surface area contributed by atoms with Crippen LogP contribution in [-0.2, 0) is 13.0 Å². The summed E-state index contributed by atoms with van der Waals surface area (Å²) in [7, 11) is 0. The molecule has 31 heavy (non-hydrogen) atoms. The van der Waals surface area contributed by atoms with Crippen molar-refractivity contribution in [3.8, 4) is 5.75 Å². The Hall–Kier alpha value is -3.19. The third kappa shape index (κ3) is 4.61. The van der Waals surface area contributed by atoms with Crippen LogP contribution in [0.5, 0.6) is 5.75 Å². The number of aryl methyl sites for hydroxylation is 1. The van der Waals surface area contributed by atoms with Gasteiger partial charge in [0.2, 0.25) is 5.43 Å². The summed E-state index contributed by atoms with van der Waals surface area (Å²) in [5.41, 5.74) is 7.70. The number of nitrogens with two attached hydrogens (primary N) is 1. The summed E-state index contributed by atoms with van der Waals surface area (Å²) in [6.07, 6.45) is 0.910. The molecule has 6 nitrogen and oxygen atoms in total. The van der Waals surface area contributed by atoms with Crippen LogP contribution >= 0.6 is 0 Å². The van der Waals surface area contributed by atoms with Crippen LogP contribution in [0.1, 0.15) is 17.5 Å². The second-order valence-electron chi connectivity index (χ2n) is 7.87. The van der Waals surface area contributed by atoms with Gasteiger partial charge in [0, 0.05) is 0 Å². The van der Waals surface area contributed by atoms with E-state index in [-0.39, 0.29) is 18.6 Å². The smallest absolute Gasteiger partial charge is 0.200 e. The number of fused-ring (bicyclic) bond motifs is 2. The highest BCUT2D eigenvalue weighted by Gasteiger charge is 2.22. The maximum atomic E-state index is 13.2. The molecule has 0 unspecified atom stereocenters. The highest BCUT2D eigenvalue weighted by atomic mass is 16.5. The van der Waals surface area contributed by atoms with Crippen LogP contribution in [0, 0.1) is 0 Å². The van der Waals surface area contributed by atoms with Crippen LogP contribution < -0.4 is 15.9 Å². The molecular weight excluding hydrogens is 394 g/mol. The third-order valence-corrected chi connectivity index (χ3v) is 5.49. The first-order chi connectivity index (χ1) is 15.0. The number of rotatable bonds is 8. The fourth-order valence-electron chi connectivity index (χ4n) is 3.47. The molecule has 3 aromatic carbocycles. The molecular formula is C25H25NO5. The Bertz CT molecular complexity index is 1250. The van der Waals surface area contributed by atoms with Gasteiger partial charge in [0.05, 0.1) is 29.5 Å². The predicted molar refractivity (Wildman–Crippen MR) is 120 cm³/mol. The molecule has 0 bridgehead atoms. The Morgan fingerprint density at radius 1 is 0.871 bits per heavy atom. The zero-order valence-corrected chi connectivity index (χ0v) is 17.1. The molecule has 6 heteroatoms. The Kier molecular flexibility index (Phi) is 6.04. The molecule has 4 rings (SSSR count). The standard InChI is InChI=1S/C25H25NO5/c26-25(15-27,16-28)11-10-17-6-8-22-20(12-17)24(29)21-13-19(7-9-23(21)31-22)30-14-18-4-2-1-3-5-18/h1-9,12-13,27-28H,10-11,14-16,26H2. The van der Waals surface area contributed by atoms with Gasteiger partial charge < -0.3 is 25.1 Å². The first-order valence-electron chi connectivity index (χ1n) is 10.2. The van der Waals surface area contributed by atoms with Gasteiger partial charge in [-0.1, -0.05) is 36.4 Å². The van der Waals surface area contributed by atoms with Crippen molar-refractivity contribution in [2.45, 2.75) is 25.0 Å². The molecule has 160 valence electrons. The van der Waals surface area contributed by atoms with Gasteiger partial charge in [-0.2, -0.15) is 0 Å². The van der Waals surface area contributed by atoms with E-state index in [1.54, 1.807) is 30.3 Å². The Balaban J connectivity index is 1.63. The van der Waals surface area contributed by atoms with Crippen molar-refractivity contribution < 1.29 is 19.4 Å². The van der Waals surface area contributed by atoms with Crippen LogP contribution in [-0.4, -0.2) is 29.0 Å². The number of aliphatic hydroxyl groups excluding tert-OH is 2. The zero-order valence-electron chi connectivity index (χ0n) is 17.1. The summed E-state index contributed by atoms with van der Waals surface area (Å²) in [5, 5.41) is 19.7. The summed E-state index contributed by atoms with van der Waals surface area (Å²) in [4.78, 5) is 13.2. The van der Waals surface area contributed by atoms with Crippen molar-refractivity contribution in [1.82, 2.24) is 0 Å². The van der Waals surface area contributed by atoms with Crippen LogP contribution in [0.15, 0.2) is 75.9 Å². The Morgan fingerprint density at radius 3 is 2.26 bits per heavy atom. The van der Waals surface area contributed by atoms with Crippen molar-refractivity contribution >= 4 is 21.9 Å². The monoisotopic (exact) mass is 419 g/mol. The molecule has 0 radical (unpaired) electrons. The molecule has 1 aromatic heterocycles. The van der Waals surface area contributed by atoms with E-state index in [1.807, 2.05) is 36.4 Å².